The number of halogens is 1. The molecule has 3 aromatic rings. The van der Waals surface area contributed by atoms with E-state index in [0.29, 0.717) is 22.6 Å². The van der Waals surface area contributed by atoms with Gasteiger partial charge in [0.25, 0.3) is 0 Å². The van der Waals surface area contributed by atoms with Gasteiger partial charge in [-0.1, -0.05) is 78.3 Å². The Balaban J connectivity index is 1.52. The van der Waals surface area contributed by atoms with Gasteiger partial charge in [0.15, 0.2) is 11.6 Å². The molecule has 0 radical (unpaired) electrons. The zero-order valence-corrected chi connectivity index (χ0v) is 18.0. The molecule has 3 aliphatic rings. The molecule has 0 saturated heterocycles. The molecule has 0 bridgehead atoms. The molecule has 0 unspecified atom stereocenters. The first-order valence-corrected chi connectivity index (χ1v) is 11.2. The van der Waals surface area contributed by atoms with Gasteiger partial charge in [-0.15, -0.1) is 0 Å². The van der Waals surface area contributed by atoms with Crippen LogP contribution in [0.15, 0.2) is 95.7 Å². The van der Waals surface area contributed by atoms with Crippen molar-refractivity contribution in [1.82, 2.24) is 5.32 Å². The predicted octanol–water partition coefficient (Wildman–Crippen LogP) is 6.04. The number of nitrogens with one attached hydrogen (secondary N) is 1. The van der Waals surface area contributed by atoms with Crippen molar-refractivity contribution in [1.29, 1.82) is 0 Å². The second-order valence-electron chi connectivity index (χ2n) is 8.60. The number of allylic oxidation sites excluding steroid dienone is 3. The van der Waals surface area contributed by atoms with Crippen LogP contribution in [0.2, 0.25) is 5.02 Å². The maximum Gasteiger partial charge on any atom is 0.192 e. The maximum absolute atomic E-state index is 13.6. The first-order valence-electron chi connectivity index (χ1n) is 10.8. The first kappa shape index (κ1) is 19.3. The molecule has 2 atom stereocenters. The number of ketones is 2. The predicted molar refractivity (Wildman–Crippen MR) is 125 cm³/mol. The van der Waals surface area contributed by atoms with Crippen LogP contribution in [0.5, 0.6) is 0 Å². The van der Waals surface area contributed by atoms with E-state index in [1.54, 1.807) is 0 Å². The molecule has 2 aliphatic carbocycles. The number of Topliss-reactive ketones (excluding diaryl/α,β-unsaturated/α-hetero) is 2. The topological polar surface area (TPSA) is 46.2 Å². The quantitative estimate of drug-likeness (QED) is 0.532. The van der Waals surface area contributed by atoms with Crippen molar-refractivity contribution in [2.24, 2.45) is 0 Å². The number of carbonyl (C=O) groups excluding carboxylic acids is 2. The summed E-state index contributed by atoms with van der Waals surface area (Å²) in [5, 5.41) is 4.17. The Bertz CT molecular complexity index is 1340. The van der Waals surface area contributed by atoms with Gasteiger partial charge in [0.1, 0.15) is 0 Å². The first-order chi connectivity index (χ1) is 15.6. The van der Waals surface area contributed by atoms with Gasteiger partial charge in [-0.05, 0) is 35.6 Å². The number of hydrogen-bond acceptors (Lipinski definition) is 3. The Morgan fingerprint density at radius 1 is 0.719 bits per heavy atom. The van der Waals surface area contributed by atoms with Crippen LogP contribution in [0.25, 0.3) is 5.70 Å². The van der Waals surface area contributed by atoms with E-state index in [1.165, 1.54) is 5.56 Å². The van der Waals surface area contributed by atoms with Crippen LogP contribution in [0, 0.1) is 0 Å². The highest BCUT2D eigenvalue weighted by atomic mass is 35.5. The SMILES string of the molecule is O=C1C[C@@H](c2ccccc2)CC2=C1[C@@H](c1ccc(Cl)cc1)C1=C(N2)c2ccccc2C1=O. The Labute approximate surface area is 191 Å². The van der Waals surface area contributed by atoms with E-state index >= 15 is 0 Å². The molecule has 1 N–H and O–H groups in total. The van der Waals surface area contributed by atoms with Crippen molar-refractivity contribution in [3.63, 3.8) is 0 Å². The Hall–Kier alpha value is -3.43. The van der Waals surface area contributed by atoms with E-state index < -0.39 is 0 Å². The molecule has 0 amide bonds. The van der Waals surface area contributed by atoms with Gasteiger partial charge in [0, 0.05) is 45.3 Å². The van der Waals surface area contributed by atoms with Gasteiger partial charge in [0.05, 0.1) is 5.70 Å². The molecule has 4 heteroatoms. The average molecular weight is 438 g/mol. The van der Waals surface area contributed by atoms with Gasteiger partial charge < -0.3 is 5.32 Å². The summed E-state index contributed by atoms with van der Waals surface area (Å²) in [4.78, 5) is 27.1. The highest BCUT2D eigenvalue weighted by Gasteiger charge is 2.45. The molecule has 1 aliphatic heterocycles. The summed E-state index contributed by atoms with van der Waals surface area (Å²) in [5.41, 5.74) is 6.84. The Morgan fingerprint density at radius 3 is 2.16 bits per heavy atom. The summed E-state index contributed by atoms with van der Waals surface area (Å²) in [6.07, 6.45) is 1.18. The molecule has 156 valence electrons. The molecular formula is C28H20ClNO2. The fraction of sp³-hybridized carbons (Fsp3) is 0.143. The molecule has 32 heavy (non-hydrogen) atoms. The number of benzene rings is 3. The smallest absolute Gasteiger partial charge is 0.192 e. The summed E-state index contributed by atoms with van der Waals surface area (Å²) < 4.78 is 0. The average Bonchev–Trinajstić information content (AvgIpc) is 3.11. The lowest BCUT2D eigenvalue weighted by molar-refractivity contribution is -0.116. The van der Waals surface area contributed by atoms with Crippen LogP contribution < -0.4 is 5.32 Å². The van der Waals surface area contributed by atoms with E-state index in [0.717, 1.165) is 34.5 Å². The summed E-state index contributed by atoms with van der Waals surface area (Å²) in [6, 6.07) is 25.4. The van der Waals surface area contributed by atoms with E-state index in [9.17, 15) is 9.59 Å². The van der Waals surface area contributed by atoms with Crippen molar-refractivity contribution in [2.75, 3.05) is 0 Å². The minimum absolute atomic E-state index is 0.00687. The number of dihydropyridines is 1. The van der Waals surface area contributed by atoms with E-state index in [4.69, 9.17) is 11.6 Å². The fourth-order valence-electron chi connectivity index (χ4n) is 5.34. The fourth-order valence-corrected chi connectivity index (χ4v) is 5.47. The third kappa shape index (κ3) is 2.89. The molecule has 1 heterocycles. The summed E-state index contributed by atoms with van der Waals surface area (Å²) in [6.45, 7) is 0. The van der Waals surface area contributed by atoms with Gasteiger partial charge in [-0.2, -0.15) is 0 Å². The number of hydrogen-bond donors (Lipinski definition) is 1. The van der Waals surface area contributed by atoms with Crippen LogP contribution in [-0.2, 0) is 4.79 Å². The van der Waals surface area contributed by atoms with E-state index in [2.05, 4.69) is 17.4 Å². The second kappa shape index (κ2) is 7.32. The molecule has 0 fully saturated rings. The van der Waals surface area contributed by atoms with Crippen molar-refractivity contribution in [3.05, 3.63) is 123 Å². The van der Waals surface area contributed by atoms with Crippen LogP contribution in [0.4, 0.5) is 0 Å². The zero-order valence-electron chi connectivity index (χ0n) is 17.3. The Morgan fingerprint density at radius 2 is 1.41 bits per heavy atom. The highest BCUT2D eigenvalue weighted by molar-refractivity contribution is 6.30. The van der Waals surface area contributed by atoms with Crippen molar-refractivity contribution < 1.29 is 9.59 Å². The molecule has 0 saturated carbocycles. The minimum atomic E-state index is -0.386. The molecule has 3 aromatic carbocycles. The van der Waals surface area contributed by atoms with Crippen LogP contribution in [0.1, 0.15) is 51.7 Å². The minimum Gasteiger partial charge on any atom is -0.358 e. The molecule has 0 spiro atoms. The van der Waals surface area contributed by atoms with Gasteiger partial charge in [0.2, 0.25) is 0 Å². The summed E-state index contributed by atoms with van der Waals surface area (Å²) in [5.74, 6) is -0.173. The normalized spacial score (nSPS) is 21.8. The molecular weight excluding hydrogens is 418 g/mol. The lowest BCUT2D eigenvalue weighted by Gasteiger charge is -2.36. The molecule has 0 aromatic heterocycles. The zero-order chi connectivity index (χ0) is 21.8. The van der Waals surface area contributed by atoms with Gasteiger partial charge in [-0.25, -0.2) is 0 Å². The highest BCUT2D eigenvalue weighted by Crippen LogP contribution is 2.50. The van der Waals surface area contributed by atoms with Gasteiger partial charge in [-0.3, -0.25) is 9.59 Å². The molecule has 3 nitrogen and oxygen atoms in total. The summed E-state index contributed by atoms with van der Waals surface area (Å²) in [7, 11) is 0. The lowest BCUT2D eigenvalue weighted by Crippen LogP contribution is -2.33. The lowest BCUT2D eigenvalue weighted by atomic mass is 9.71. The van der Waals surface area contributed by atoms with Crippen molar-refractivity contribution in [3.8, 4) is 0 Å². The van der Waals surface area contributed by atoms with Crippen molar-refractivity contribution >= 4 is 28.9 Å². The number of rotatable bonds is 2. The monoisotopic (exact) mass is 437 g/mol. The van der Waals surface area contributed by atoms with Crippen LogP contribution in [0.3, 0.4) is 0 Å². The van der Waals surface area contributed by atoms with Crippen LogP contribution in [-0.4, -0.2) is 11.6 Å². The second-order valence-corrected chi connectivity index (χ2v) is 9.04. The summed E-state index contributed by atoms with van der Waals surface area (Å²) >= 11 is 6.15. The standard InChI is InChI=1S/C28H20ClNO2/c29-19-12-10-17(11-13-19)24-25-22(14-18(15-23(25)31)16-6-2-1-3-7-16)30-27-20-8-4-5-9-21(20)28(32)26(24)27/h1-13,18,24,30H,14-15H2/t18-,24+/m0/s1. The van der Waals surface area contributed by atoms with E-state index in [-0.39, 0.29) is 23.4 Å². The third-order valence-electron chi connectivity index (χ3n) is 6.79. The third-order valence-corrected chi connectivity index (χ3v) is 7.04. The largest absolute Gasteiger partial charge is 0.358 e. The number of carbonyl (C=O) groups is 2. The maximum atomic E-state index is 13.6. The number of fused-ring (bicyclic) bond motifs is 2. The molecule has 6 rings (SSSR count). The Kier molecular flexibility index (Phi) is 4.41. The van der Waals surface area contributed by atoms with Crippen molar-refractivity contribution in [2.45, 2.75) is 24.7 Å². The van der Waals surface area contributed by atoms with Crippen LogP contribution >= 0.6 is 11.6 Å². The van der Waals surface area contributed by atoms with E-state index in [1.807, 2.05) is 66.7 Å². The van der Waals surface area contributed by atoms with Gasteiger partial charge >= 0.3 is 0 Å².